The van der Waals surface area contributed by atoms with Gasteiger partial charge in [0.05, 0.1) is 17.8 Å². The molecule has 0 aliphatic heterocycles. The number of hydrogen-bond donors (Lipinski definition) is 1. The number of aryl methyl sites for hydroxylation is 1. The molecular formula is C24H22Cl2N2O3. The highest BCUT2D eigenvalue weighted by molar-refractivity contribution is 6.32. The average molecular weight is 457 g/mol. The zero-order valence-electron chi connectivity index (χ0n) is 17.2. The lowest BCUT2D eigenvalue weighted by Crippen LogP contribution is -2.17. The molecule has 0 heterocycles. The summed E-state index contributed by atoms with van der Waals surface area (Å²) < 4.78 is 11.7. The molecule has 3 rings (SSSR count). The summed E-state index contributed by atoms with van der Waals surface area (Å²) in [6.45, 7) is 4.73. The summed E-state index contributed by atoms with van der Waals surface area (Å²) in [7, 11) is 0. The van der Waals surface area contributed by atoms with Crippen LogP contribution in [0.3, 0.4) is 0 Å². The van der Waals surface area contributed by atoms with Crippen molar-refractivity contribution >= 4 is 35.3 Å². The van der Waals surface area contributed by atoms with Crippen molar-refractivity contribution in [2.24, 2.45) is 5.10 Å². The first-order valence-electron chi connectivity index (χ1n) is 9.70. The van der Waals surface area contributed by atoms with Gasteiger partial charge in [-0.1, -0.05) is 53.5 Å². The van der Waals surface area contributed by atoms with Crippen molar-refractivity contribution in [2.45, 2.75) is 20.5 Å². The molecule has 0 aliphatic rings. The third kappa shape index (κ3) is 6.23. The van der Waals surface area contributed by atoms with Crippen LogP contribution in [-0.4, -0.2) is 18.7 Å². The van der Waals surface area contributed by atoms with E-state index in [1.165, 1.54) is 6.21 Å². The molecule has 31 heavy (non-hydrogen) atoms. The smallest absolute Gasteiger partial charge is 0.271 e. The van der Waals surface area contributed by atoms with Gasteiger partial charge in [0.15, 0.2) is 11.5 Å². The van der Waals surface area contributed by atoms with Crippen molar-refractivity contribution in [3.63, 3.8) is 0 Å². The van der Waals surface area contributed by atoms with Gasteiger partial charge < -0.3 is 9.47 Å². The molecule has 0 aliphatic carbocycles. The predicted octanol–water partition coefficient (Wildman–Crippen LogP) is 6.04. The van der Waals surface area contributed by atoms with Gasteiger partial charge in [-0.3, -0.25) is 4.79 Å². The number of halogens is 2. The maximum atomic E-state index is 12.2. The molecule has 7 heteroatoms. The molecule has 5 nitrogen and oxygen atoms in total. The highest BCUT2D eigenvalue weighted by Gasteiger charge is 2.13. The standard InChI is InChI=1S/C24H22Cl2N2O3/c1-3-30-22-12-17(14-27-28-24(29)18-9-6-10-20(25)13-18)11-21(26)23(22)31-15-19-8-5-4-7-16(19)2/h4-14H,3,15H2,1-2H3,(H,28,29)/b27-14-. The molecule has 0 aromatic heterocycles. The molecule has 0 radical (unpaired) electrons. The summed E-state index contributed by atoms with van der Waals surface area (Å²) in [5, 5.41) is 4.87. The summed E-state index contributed by atoms with van der Waals surface area (Å²) in [6.07, 6.45) is 1.49. The van der Waals surface area contributed by atoms with Crippen molar-refractivity contribution < 1.29 is 14.3 Å². The Morgan fingerprint density at radius 1 is 1.06 bits per heavy atom. The molecule has 0 spiro atoms. The van der Waals surface area contributed by atoms with Gasteiger partial charge in [0.25, 0.3) is 5.91 Å². The number of carbonyl (C=O) groups excluding carboxylic acids is 1. The molecule has 0 saturated heterocycles. The van der Waals surface area contributed by atoms with Crippen LogP contribution >= 0.6 is 23.2 Å². The number of benzene rings is 3. The number of amides is 1. The Morgan fingerprint density at radius 2 is 1.87 bits per heavy atom. The van der Waals surface area contributed by atoms with Crippen molar-refractivity contribution in [2.75, 3.05) is 6.61 Å². The monoisotopic (exact) mass is 456 g/mol. The van der Waals surface area contributed by atoms with Crippen LogP contribution in [0, 0.1) is 6.92 Å². The van der Waals surface area contributed by atoms with E-state index in [9.17, 15) is 4.79 Å². The molecule has 0 fully saturated rings. The van der Waals surface area contributed by atoms with E-state index in [4.69, 9.17) is 32.7 Å². The number of carbonyl (C=O) groups is 1. The maximum absolute atomic E-state index is 12.2. The number of ether oxygens (including phenoxy) is 2. The van der Waals surface area contributed by atoms with Crippen molar-refractivity contribution in [3.8, 4) is 11.5 Å². The van der Waals surface area contributed by atoms with Crippen LogP contribution < -0.4 is 14.9 Å². The first-order chi connectivity index (χ1) is 15.0. The molecule has 0 atom stereocenters. The fourth-order valence-corrected chi connectivity index (χ4v) is 3.31. The number of nitrogens with zero attached hydrogens (tertiary/aromatic N) is 1. The lowest BCUT2D eigenvalue weighted by atomic mass is 10.1. The minimum Gasteiger partial charge on any atom is -0.490 e. The van der Waals surface area contributed by atoms with Crippen molar-refractivity contribution in [1.82, 2.24) is 5.43 Å². The highest BCUT2D eigenvalue weighted by Crippen LogP contribution is 2.37. The second-order valence-corrected chi connectivity index (χ2v) is 7.53. The van der Waals surface area contributed by atoms with E-state index in [2.05, 4.69) is 10.5 Å². The topological polar surface area (TPSA) is 59.9 Å². The van der Waals surface area contributed by atoms with Gasteiger partial charge in [-0.05, 0) is 60.9 Å². The van der Waals surface area contributed by atoms with Crippen LogP contribution in [-0.2, 0) is 6.61 Å². The lowest BCUT2D eigenvalue weighted by molar-refractivity contribution is 0.0955. The van der Waals surface area contributed by atoms with Gasteiger partial charge in [0, 0.05) is 10.6 Å². The van der Waals surface area contributed by atoms with Gasteiger partial charge in [-0.15, -0.1) is 0 Å². The lowest BCUT2D eigenvalue weighted by Gasteiger charge is -2.15. The summed E-state index contributed by atoms with van der Waals surface area (Å²) >= 11 is 12.4. The molecule has 1 N–H and O–H groups in total. The molecule has 0 bridgehead atoms. The van der Waals surface area contributed by atoms with E-state index >= 15 is 0 Å². The quantitative estimate of drug-likeness (QED) is 0.331. The molecule has 160 valence electrons. The third-order valence-corrected chi connectivity index (χ3v) is 4.95. The van der Waals surface area contributed by atoms with Crippen LogP contribution in [0.15, 0.2) is 65.8 Å². The first-order valence-corrected chi connectivity index (χ1v) is 10.5. The van der Waals surface area contributed by atoms with E-state index in [1.54, 1.807) is 36.4 Å². The number of hydrogen-bond acceptors (Lipinski definition) is 4. The fraction of sp³-hybridized carbons (Fsp3) is 0.167. The van der Waals surface area contributed by atoms with Gasteiger partial charge in [0.2, 0.25) is 0 Å². The molecule has 1 amide bonds. The largest absolute Gasteiger partial charge is 0.490 e. The average Bonchev–Trinajstić information content (AvgIpc) is 2.74. The Kier molecular flexibility index (Phi) is 7.93. The minimum atomic E-state index is -0.368. The summed E-state index contributed by atoms with van der Waals surface area (Å²) in [6, 6.07) is 18.1. The van der Waals surface area contributed by atoms with Crippen LogP contribution in [0.5, 0.6) is 11.5 Å². The SMILES string of the molecule is CCOc1cc(/C=N\NC(=O)c2cccc(Cl)c2)cc(Cl)c1OCc1ccccc1C. The van der Waals surface area contributed by atoms with Crippen LogP contribution in [0.2, 0.25) is 10.0 Å². The van der Waals surface area contributed by atoms with Gasteiger partial charge in [0.1, 0.15) is 6.61 Å². The van der Waals surface area contributed by atoms with E-state index < -0.39 is 0 Å². The van der Waals surface area contributed by atoms with Gasteiger partial charge in [-0.2, -0.15) is 5.10 Å². The normalized spacial score (nSPS) is 10.8. The number of rotatable bonds is 8. The summed E-state index contributed by atoms with van der Waals surface area (Å²) in [4.78, 5) is 12.2. The minimum absolute atomic E-state index is 0.368. The van der Waals surface area contributed by atoms with Crippen LogP contribution in [0.4, 0.5) is 0 Å². The van der Waals surface area contributed by atoms with Crippen LogP contribution in [0.1, 0.15) is 34.0 Å². The molecule has 0 saturated carbocycles. The zero-order valence-corrected chi connectivity index (χ0v) is 18.7. The predicted molar refractivity (Wildman–Crippen MR) is 125 cm³/mol. The van der Waals surface area contributed by atoms with E-state index in [1.807, 2.05) is 38.1 Å². The molecular weight excluding hydrogens is 435 g/mol. The Hall–Kier alpha value is -3.02. The van der Waals surface area contributed by atoms with E-state index in [0.29, 0.717) is 45.9 Å². The number of nitrogens with one attached hydrogen (secondary N) is 1. The van der Waals surface area contributed by atoms with Gasteiger partial charge in [-0.25, -0.2) is 5.43 Å². The van der Waals surface area contributed by atoms with Crippen molar-refractivity contribution in [3.05, 3.63) is 93.0 Å². The van der Waals surface area contributed by atoms with Crippen molar-refractivity contribution in [1.29, 1.82) is 0 Å². The van der Waals surface area contributed by atoms with Gasteiger partial charge >= 0.3 is 0 Å². The van der Waals surface area contributed by atoms with Crippen LogP contribution in [0.25, 0.3) is 0 Å². The Morgan fingerprint density at radius 3 is 2.61 bits per heavy atom. The molecule has 3 aromatic carbocycles. The second kappa shape index (κ2) is 10.8. The summed E-state index contributed by atoms with van der Waals surface area (Å²) in [5.41, 5.74) is 5.74. The Bertz CT molecular complexity index is 1100. The third-order valence-electron chi connectivity index (χ3n) is 4.43. The Labute approximate surface area is 191 Å². The Balaban J connectivity index is 1.73. The first kappa shape index (κ1) is 22.7. The van der Waals surface area contributed by atoms with E-state index in [-0.39, 0.29) is 5.91 Å². The maximum Gasteiger partial charge on any atom is 0.271 e. The molecule has 0 unspecified atom stereocenters. The number of hydrazone groups is 1. The molecule has 3 aromatic rings. The highest BCUT2D eigenvalue weighted by atomic mass is 35.5. The fourth-order valence-electron chi connectivity index (χ4n) is 2.85. The summed E-state index contributed by atoms with van der Waals surface area (Å²) in [5.74, 6) is 0.603. The zero-order chi connectivity index (χ0) is 22.2. The second-order valence-electron chi connectivity index (χ2n) is 6.69. The van der Waals surface area contributed by atoms with E-state index in [0.717, 1.165) is 11.1 Å².